The van der Waals surface area contributed by atoms with Crippen molar-refractivity contribution < 1.29 is 9.53 Å². The Hall–Kier alpha value is -2.08. The molecule has 76 valence electrons. The zero-order valence-electron chi connectivity index (χ0n) is 8.43. The fourth-order valence-corrected chi connectivity index (χ4v) is 1.20. The smallest absolute Gasteiger partial charge is 0.153 e. The summed E-state index contributed by atoms with van der Waals surface area (Å²) < 4.78 is 5.01. The highest BCUT2D eigenvalue weighted by atomic mass is 16.5. The fraction of sp³-hybridized carbons (Fsp3) is 0.167. The molecule has 0 bridgehead atoms. The summed E-state index contributed by atoms with van der Waals surface area (Å²) in [6, 6.07) is 7.29. The molecule has 0 radical (unpaired) electrons. The summed E-state index contributed by atoms with van der Waals surface area (Å²) in [5.74, 6) is 0.558. The molecule has 15 heavy (non-hydrogen) atoms. The maximum atomic E-state index is 10.7. The van der Waals surface area contributed by atoms with E-state index in [1.165, 1.54) is 7.11 Å². The lowest BCUT2D eigenvalue weighted by molar-refractivity contribution is 0.112. The van der Waals surface area contributed by atoms with E-state index in [0.717, 1.165) is 11.8 Å². The summed E-state index contributed by atoms with van der Waals surface area (Å²) >= 11 is 0. The lowest BCUT2D eigenvalue weighted by Gasteiger charge is -2.03. The Morgan fingerprint density at radius 1 is 1.53 bits per heavy atom. The van der Waals surface area contributed by atoms with Crippen molar-refractivity contribution in [2.45, 2.75) is 6.42 Å². The van der Waals surface area contributed by atoms with Crippen LogP contribution in [0, 0.1) is 11.3 Å². The van der Waals surface area contributed by atoms with Gasteiger partial charge in [0.05, 0.1) is 25.2 Å². The molecule has 1 aromatic carbocycles. The van der Waals surface area contributed by atoms with E-state index in [4.69, 9.17) is 10.00 Å². The SMILES string of the molecule is COc1ccc(C=CCC#N)cc1C=O. The third-order valence-corrected chi connectivity index (χ3v) is 1.90. The number of aldehydes is 1. The highest BCUT2D eigenvalue weighted by Crippen LogP contribution is 2.18. The Morgan fingerprint density at radius 2 is 2.33 bits per heavy atom. The second-order valence-corrected chi connectivity index (χ2v) is 2.88. The summed E-state index contributed by atoms with van der Waals surface area (Å²) in [6.07, 6.45) is 4.66. The number of carbonyl (C=O) groups is 1. The third kappa shape index (κ3) is 2.96. The second kappa shape index (κ2) is 5.61. The van der Waals surface area contributed by atoms with Crippen LogP contribution in [-0.4, -0.2) is 13.4 Å². The first kappa shape index (κ1) is 11.0. The van der Waals surface area contributed by atoms with Gasteiger partial charge in [-0.05, 0) is 17.7 Å². The summed E-state index contributed by atoms with van der Waals surface area (Å²) in [7, 11) is 1.52. The Labute approximate surface area is 88.6 Å². The summed E-state index contributed by atoms with van der Waals surface area (Å²) in [5, 5.41) is 8.35. The number of rotatable bonds is 4. The number of methoxy groups -OCH3 is 1. The van der Waals surface area contributed by atoms with Gasteiger partial charge in [-0.1, -0.05) is 18.2 Å². The lowest BCUT2D eigenvalue weighted by Crippen LogP contribution is -1.90. The molecule has 0 aliphatic rings. The number of allylic oxidation sites excluding steroid dienone is 1. The van der Waals surface area contributed by atoms with Crippen molar-refractivity contribution >= 4 is 12.4 Å². The van der Waals surface area contributed by atoms with E-state index in [0.29, 0.717) is 17.7 Å². The predicted octanol–water partition coefficient (Wildman–Crippen LogP) is 2.43. The van der Waals surface area contributed by atoms with Crippen LogP contribution in [0.1, 0.15) is 22.3 Å². The van der Waals surface area contributed by atoms with E-state index in [2.05, 4.69) is 0 Å². The minimum Gasteiger partial charge on any atom is -0.496 e. The average Bonchev–Trinajstić information content (AvgIpc) is 2.29. The Balaban J connectivity index is 2.94. The molecule has 1 rings (SSSR count). The van der Waals surface area contributed by atoms with E-state index < -0.39 is 0 Å². The van der Waals surface area contributed by atoms with Gasteiger partial charge in [0, 0.05) is 0 Å². The van der Waals surface area contributed by atoms with Crippen molar-refractivity contribution in [1.82, 2.24) is 0 Å². The van der Waals surface area contributed by atoms with Crippen molar-refractivity contribution in [1.29, 1.82) is 5.26 Å². The zero-order chi connectivity index (χ0) is 11.1. The quantitative estimate of drug-likeness (QED) is 0.703. The minimum atomic E-state index is 0.364. The highest BCUT2D eigenvalue weighted by molar-refractivity contribution is 5.80. The van der Waals surface area contributed by atoms with E-state index in [1.807, 2.05) is 12.1 Å². The predicted molar refractivity (Wildman–Crippen MR) is 57.6 cm³/mol. The zero-order valence-corrected chi connectivity index (χ0v) is 8.43. The molecule has 3 nitrogen and oxygen atoms in total. The highest BCUT2D eigenvalue weighted by Gasteiger charge is 2.00. The van der Waals surface area contributed by atoms with Gasteiger partial charge in [0.25, 0.3) is 0 Å². The van der Waals surface area contributed by atoms with Gasteiger partial charge in [0.1, 0.15) is 5.75 Å². The molecule has 0 heterocycles. The Kier molecular flexibility index (Phi) is 4.11. The third-order valence-electron chi connectivity index (χ3n) is 1.90. The maximum Gasteiger partial charge on any atom is 0.153 e. The first-order chi connectivity index (χ1) is 7.31. The minimum absolute atomic E-state index is 0.364. The van der Waals surface area contributed by atoms with Crippen molar-refractivity contribution in [3.05, 3.63) is 35.4 Å². The number of nitriles is 1. The van der Waals surface area contributed by atoms with Gasteiger partial charge < -0.3 is 4.74 Å². The van der Waals surface area contributed by atoms with Crippen molar-refractivity contribution in [3.8, 4) is 11.8 Å². The summed E-state index contributed by atoms with van der Waals surface area (Å²) in [4.78, 5) is 10.7. The van der Waals surface area contributed by atoms with Crippen LogP contribution in [0.25, 0.3) is 6.08 Å². The molecule has 3 heteroatoms. The van der Waals surface area contributed by atoms with Crippen LogP contribution < -0.4 is 4.74 Å². The number of hydrogen-bond donors (Lipinski definition) is 0. The van der Waals surface area contributed by atoms with E-state index >= 15 is 0 Å². The first-order valence-corrected chi connectivity index (χ1v) is 4.48. The average molecular weight is 201 g/mol. The Bertz CT molecular complexity index is 416. The van der Waals surface area contributed by atoms with Gasteiger partial charge in [-0.15, -0.1) is 0 Å². The summed E-state index contributed by atoms with van der Waals surface area (Å²) in [5.41, 5.74) is 1.39. The maximum absolute atomic E-state index is 10.7. The molecule has 0 N–H and O–H groups in total. The molecule has 0 spiro atoms. The van der Waals surface area contributed by atoms with Crippen LogP contribution in [0.5, 0.6) is 5.75 Å². The molecule has 0 saturated heterocycles. The topological polar surface area (TPSA) is 50.1 Å². The van der Waals surface area contributed by atoms with Crippen LogP contribution in [0.3, 0.4) is 0 Å². The number of carbonyl (C=O) groups excluding carboxylic acids is 1. The molecule has 0 unspecified atom stereocenters. The van der Waals surface area contributed by atoms with Gasteiger partial charge in [0.15, 0.2) is 6.29 Å². The lowest BCUT2D eigenvalue weighted by atomic mass is 10.1. The monoisotopic (exact) mass is 201 g/mol. The molecule has 0 atom stereocenters. The first-order valence-electron chi connectivity index (χ1n) is 4.48. The molecule has 0 fully saturated rings. The molecular formula is C12H11NO2. The van der Waals surface area contributed by atoms with Crippen molar-refractivity contribution in [3.63, 3.8) is 0 Å². The van der Waals surface area contributed by atoms with Crippen LogP contribution in [0.4, 0.5) is 0 Å². The fourth-order valence-electron chi connectivity index (χ4n) is 1.20. The number of benzene rings is 1. The molecule has 0 aliphatic carbocycles. The molecule has 0 aromatic heterocycles. The van der Waals surface area contributed by atoms with E-state index in [-0.39, 0.29) is 0 Å². The van der Waals surface area contributed by atoms with Crippen LogP contribution in [-0.2, 0) is 0 Å². The number of ether oxygens (including phenoxy) is 1. The van der Waals surface area contributed by atoms with Crippen LogP contribution in [0.15, 0.2) is 24.3 Å². The molecule has 0 aliphatic heterocycles. The van der Waals surface area contributed by atoms with Crippen LogP contribution >= 0.6 is 0 Å². The summed E-state index contributed by atoms with van der Waals surface area (Å²) in [6.45, 7) is 0. The normalized spacial score (nSPS) is 9.87. The second-order valence-electron chi connectivity index (χ2n) is 2.88. The largest absolute Gasteiger partial charge is 0.496 e. The number of hydrogen-bond acceptors (Lipinski definition) is 3. The van der Waals surface area contributed by atoms with Gasteiger partial charge in [-0.3, -0.25) is 4.79 Å². The van der Waals surface area contributed by atoms with Crippen molar-refractivity contribution in [2.75, 3.05) is 7.11 Å². The van der Waals surface area contributed by atoms with Crippen molar-refractivity contribution in [2.24, 2.45) is 0 Å². The number of nitrogens with zero attached hydrogens (tertiary/aromatic N) is 1. The molecule has 0 saturated carbocycles. The van der Waals surface area contributed by atoms with Gasteiger partial charge in [0.2, 0.25) is 0 Å². The standard InChI is InChI=1S/C12H11NO2/c1-15-12-6-5-10(4-2-3-7-13)8-11(12)9-14/h2,4-6,8-9H,3H2,1H3. The molecular weight excluding hydrogens is 190 g/mol. The van der Waals surface area contributed by atoms with E-state index in [9.17, 15) is 4.79 Å². The van der Waals surface area contributed by atoms with Gasteiger partial charge >= 0.3 is 0 Å². The molecule has 0 amide bonds. The van der Waals surface area contributed by atoms with Gasteiger partial charge in [-0.2, -0.15) is 5.26 Å². The molecule has 1 aromatic rings. The van der Waals surface area contributed by atoms with Crippen LogP contribution in [0.2, 0.25) is 0 Å². The Morgan fingerprint density at radius 3 is 2.93 bits per heavy atom. The van der Waals surface area contributed by atoms with E-state index in [1.54, 1.807) is 24.3 Å². The van der Waals surface area contributed by atoms with Gasteiger partial charge in [-0.25, -0.2) is 0 Å².